The van der Waals surface area contributed by atoms with Gasteiger partial charge in [-0.3, -0.25) is 4.79 Å². The molecule has 0 unspecified atom stereocenters. The Morgan fingerprint density at radius 3 is 2.60 bits per heavy atom. The van der Waals surface area contributed by atoms with E-state index in [9.17, 15) is 9.59 Å². The number of ether oxygens (including phenoxy) is 1. The molecule has 0 heterocycles. The maximum Gasteiger partial charge on any atom is 0.379 e. The molecule has 0 radical (unpaired) electrons. The summed E-state index contributed by atoms with van der Waals surface area (Å²) >= 11 is 0. The minimum Gasteiger partial charge on any atom is -0.460 e. The average Bonchev–Trinajstić information content (AvgIpc) is 2.84. The van der Waals surface area contributed by atoms with E-state index in [2.05, 4.69) is 12.1 Å². The van der Waals surface area contributed by atoms with Gasteiger partial charge in [-0.2, -0.15) is 0 Å². The monoisotopic (exact) mass is 266 g/mol. The molecule has 0 atom stereocenters. The molecule has 0 bridgehead atoms. The number of hydrogen-bond donors (Lipinski definition) is 0. The molecule has 1 aliphatic rings. The van der Waals surface area contributed by atoms with Gasteiger partial charge < -0.3 is 4.74 Å². The average molecular weight is 266 g/mol. The molecule has 0 aromatic heterocycles. The van der Waals surface area contributed by atoms with Gasteiger partial charge in [-0.1, -0.05) is 36.4 Å². The van der Waals surface area contributed by atoms with Gasteiger partial charge in [-0.05, 0) is 41.7 Å². The minimum atomic E-state index is -0.789. The highest BCUT2D eigenvalue weighted by atomic mass is 16.5. The normalized spacial score (nSPS) is 11.7. The van der Waals surface area contributed by atoms with E-state index in [1.54, 1.807) is 19.1 Å². The first-order valence-corrected chi connectivity index (χ1v) is 6.63. The number of carbonyl (C=O) groups excluding carboxylic acids is 2. The Morgan fingerprint density at radius 2 is 1.80 bits per heavy atom. The molecule has 0 N–H and O–H groups in total. The van der Waals surface area contributed by atoms with E-state index < -0.39 is 11.8 Å². The van der Waals surface area contributed by atoms with Crippen LogP contribution in [-0.4, -0.2) is 18.4 Å². The molecule has 2 aromatic rings. The van der Waals surface area contributed by atoms with Gasteiger partial charge in [-0.15, -0.1) is 0 Å². The van der Waals surface area contributed by atoms with Crippen molar-refractivity contribution in [3.05, 3.63) is 59.2 Å². The van der Waals surface area contributed by atoms with Crippen molar-refractivity contribution in [1.82, 2.24) is 0 Å². The molecular formula is C17H14O3. The van der Waals surface area contributed by atoms with E-state index in [1.807, 2.05) is 18.2 Å². The summed E-state index contributed by atoms with van der Waals surface area (Å²) < 4.78 is 4.75. The summed E-state index contributed by atoms with van der Waals surface area (Å²) in [6, 6.07) is 13.6. The standard InChI is InChI=1S/C17H14O3/c1-2-20-17(19)16(18)12-7-8-15-13(10-12)9-11-5-3-4-6-14(11)15/h3-8,10H,2,9H2,1H3. The zero-order valence-corrected chi connectivity index (χ0v) is 11.2. The Labute approximate surface area is 117 Å². The lowest BCUT2D eigenvalue weighted by atomic mass is 10.0. The molecule has 0 spiro atoms. The molecule has 0 saturated carbocycles. The number of fused-ring (bicyclic) bond motifs is 3. The van der Waals surface area contributed by atoms with Crippen LogP contribution in [0.4, 0.5) is 0 Å². The molecule has 3 heteroatoms. The van der Waals surface area contributed by atoms with Crippen LogP contribution in [0.2, 0.25) is 0 Å². The highest BCUT2D eigenvalue weighted by Crippen LogP contribution is 2.36. The number of Topliss-reactive ketones (excluding diaryl/α,β-unsaturated/α-hetero) is 1. The lowest BCUT2D eigenvalue weighted by Crippen LogP contribution is -2.17. The first-order valence-electron chi connectivity index (χ1n) is 6.63. The minimum absolute atomic E-state index is 0.209. The lowest BCUT2D eigenvalue weighted by Gasteiger charge is -2.04. The predicted molar refractivity (Wildman–Crippen MR) is 75.6 cm³/mol. The summed E-state index contributed by atoms with van der Waals surface area (Å²) in [4.78, 5) is 23.4. The summed E-state index contributed by atoms with van der Waals surface area (Å²) in [6.45, 7) is 1.89. The van der Waals surface area contributed by atoms with E-state index in [1.165, 1.54) is 11.1 Å². The van der Waals surface area contributed by atoms with Gasteiger partial charge >= 0.3 is 5.97 Å². The van der Waals surface area contributed by atoms with Crippen molar-refractivity contribution in [1.29, 1.82) is 0 Å². The van der Waals surface area contributed by atoms with Gasteiger partial charge in [0.25, 0.3) is 5.78 Å². The van der Waals surface area contributed by atoms with Crippen LogP contribution in [0, 0.1) is 0 Å². The van der Waals surface area contributed by atoms with Crippen LogP contribution in [0.1, 0.15) is 28.4 Å². The predicted octanol–water partition coefficient (Wildman–Crippen LogP) is 3.00. The molecule has 3 rings (SSSR count). The van der Waals surface area contributed by atoms with Crippen LogP contribution in [0.3, 0.4) is 0 Å². The Bertz CT molecular complexity index is 701. The zero-order chi connectivity index (χ0) is 14.1. The number of esters is 1. The molecule has 100 valence electrons. The van der Waals surface area contributed by atoms with Crippen molar-refractivity contribution in [3.8, 4) is 11.1 Å². The molecule has 1 aliphatic carbocycles. The number of hydrogen-bond acceptors (Lipinski definition) is 3. The van der Waals surface area contributed by atoms with Crippen LogP contribution >= 0.6 is 0 Å². The van der Waals surface area contributed by atoms with Crippen molar-refractivity contribution in [3.63, 3.8) is 0 Å². The molecule has 2 aromatic carbocycles. The first-order chi connectivity index (χ1) is 9.70. The van der Waals surface area contributed by atoms with Crippen LogP contribution in [-0.2, 0) is 16.0 Å². The fourth-order valence-electron chi connectivity index (χ4n) is 2.60. The maximum atomic E-state index is 11.9. The molecule has 0 fully saturated rings. The first kappa shape index (κ1) is 12.6. The van der Waals surface area contributed by atoms with Crippen molar-refractivity contribution in [2.24, 2.45) is 0 Å². The topological polar surface area (TPSA) is 43.4 Å². The van der Waals surface area contributed by atoms with Gasteiger partial charge in [-0.25, -0.2) is 4.79 Å². The second kappa shape index (κ2) is 4.93. The van der Waals surface area contributed by atoms with E-state index >= 15 is 0 Å². The second-order valence-corrected chi connectivity index (χ2v) is 4.76. The highest BCUT2D eigenvalue weighted by molar-refractivity contribution is 6.40. The Hall–Kier alpha value is -2.42. The number of carbonyl (C=O) groups is 2. The van der Waals surface area contributed by atoms with E-state index in [0.29, 0.717) is 5.56 Å². The third-order valence-corrected chi connectivity index (χ3v) is 3.52. The Kier molecular flexibility index (Phi) is 3.11. The summed E-state index contributed by atoms with van der Waals surface area (Å²) in [5.41, 5.74) is 5.08. The smallest absolute Gasteiger partial charge is 0.379 e. The molecule has 0 aliphatic heterocycles. The summed E-state index contributed by atoms with van der Waals surface area (Å²) in [7, 11) is 0. The largest absolute Gasteiger partial charge is 0.460 e. The number of ketones is 1. The maximum absolute atomic E-state index is 11.9. The van der Waals surface area contributed by atoms with Gasteiger partial charge in [0.2, 0.25) is 0 Å². The third-order valence-electron chi connectivity index (χ3n) is 3.52. The van der Waals surface area contributed by atoms with Crippen molar-refractivity contribution in [2.75, 3.05) is 6.61 Å². The van der Waals surface area contributed by atoms with Crippen molar-refractivity contribution in [2.45, 2.75) is 13.3 Å². The van der Waals surface area contributed by atoms with Gasteiger partial charge in [0.15, 0.2) is 0 Å². The quantitative estimate of drug-likeness (QED) is 0.416. The zero-order valence-electron chi connectivity index (χ0n) is 11.2. The lowest BCUT2D eigenvalue weighted by molar-refractivity contribution is -0.137. The van der Waals surface area contributed by atoms with E-state index in [4.69, 9.17) is 4.74 Å². The van der Waals surface area contributed by atoms with E-state index in [0.717, 1.165) is 17.5 Å². The molecule has 0 saturated heterocycles. The number of benzene rings is 2. The molecule has 3 nitrogen and oxygen atoms in total. The fraction of sp³-hybridized carbons (Fsp3) is 0.176. The second-order valence-electron chi connectivity index (χ2n) is 4.76. The molecule has 0 amide bonds. The van der Waals surface area contributed by atoms with Crippen LogP contribution in [0.25, 0.3) is 11.1 Å². The van der Waals surface area contributed by atoms with Crippen LogP contribution in [0.15, 0.2) is 42.5 Å². The summed E-state index contributed by atoms with van der Waals surface area (Å²) in [5.74, 6) is -1.37. The molecule has 20 heavy (non-hydrogen) atoms. The van der Waals surface area contributed by atoms with Gasteiger partial charge in [0, 0.05) is 5.56 Å². The fourth-order valence-corrected chi connectivity index (χ4v) is 2.60. The Balaban J connectivity index is 1.95. The highest BCUT2D eigenvalue weighted by Gasteiger charge is 2.22. The summed E-state index contributed by atoms with van der Waals surface area (Å²) in [5, 5.41) is 0. The van der Waals surface area contributed by atoms with E-state index in [-0.39, 0.29) is 6.61 Å². The van der Waals surface area contributed by atoms with Crippen LogP contribution in [0.5, 0.6) is 0 Å². The van der Waals surface area contributed by atoms with Crippen molar-refractivity contribution >= 4 is 11.8 Å². The summed E-state index contributed by atoms with van der Waals surface area (Å²) in [6.07, 6.45) is 0.801. The molecular weight excluding hydrogens is 252 g/mol. The Morgan fingerprint density at radius 1 is 1.05 bits per heavy atom. The number of rotatable bonds is 3. The van der Waals surface area contributed by atoms with Crippen molar-refractivity contribution < 1.29 is 14.3 Å². The third kappa shape index (κ3) is 2.01. The van der Waals surface area contributed by atoms with Crippen LogP contribution < -0.4 is 0 Å². The SMILES string of the molecule is CCOC(=O)C(=O)c1ccc2c(c1)Cc1ccccc1-2. The van der Waals surface area contributed by atoms with Gasteiger partial charge in [0.1, 0.15) is 0 Å². The van der Waals surface area contributed by atoms with Gasteiger partial charge in [0.05, 0.1) is 6.61 Å².